The van der Waals surface area contributed by atoms with E-state index in [0.29, 0.717) is 25.3 Å². The predicted molar refractivity (Wildman–Crippen MR) is 155 cm³/mol. The number of esters is 1. The Hall–Kier alpha value is -4.18. The van der Waals surface area contributed by atoms with Gasteiger partial charge in [0.15, 0.2) is 6.61 Å². The number of carbonyl (C=O) groups is 4. The van der Waals surface area contributed by atoms with Crippen molar-refractivity contribution in [3.05, 3.63) is 99.6 Å². The Morgan fingerprint density at radius 3 is 1.89 bits per heavy atom. The Kier molecular flexibility index (Phi) is 7.96. The zero-order valence-corrected chi connectivity index (χ0v) is 24.2. The van der Waals surface area contributed by atoms with Crippen LogP contribution in [0.2, 0.25) is 5.02 Å². The number of benzene rings is 3. The van der Waals surface area contributed by atoms with E-state index in [1.165, 1.54) is 4.90 Å². The standard InChI is InChI=1S/C33H28ClF3N2O5/c34-23-14-13-18(33(35,36)37)16-24(23)38-25(40)17-44-26(41)12-2-1-7-15-39-31(42)29-27-19-8-3-4-9-20(19)28(30(29)32(39)43)22-11-6-5-10-21(22)27/h3-6,8-11,13-14,16,27-30H,1-2,7,12,15,17H2,(H,38,40)/t27?,28?,29-,30-/m0/s1. The molecular weight excluding hydrogens is 597 g/mol. The Labute approximate surface area is 256 Å². The zero-order chi connectivity index (χ0) is 31.2. The number of nitrogens with zero attached hydrogens (tertiary/aromatic N) is 1. The average molecular weight is 625 g/mol. The molecule has 1 N–H and O–H groups in total. The molecule has 1 saturated heterocycles. The first kappa shape index (κ1) is 29.9. The molecule has 0 spiro atoms. The number of amides is 3. The minimum Gasteiger partial charge on any atom is -0.456 e. The summed E-state index contributed by atoms with van der Waals surface area (Å²) in [6.07, 6.45) is -3.15. The number of alkyl halides is 3. The van der Waals surface area contributed by atoms with E-state index in [2.05, 4.69) is 29.6 Å². The summed E-state index contributed by atoms with van der Waals surface area (Å²) in [5.41, 5.74) is 3.24. The van der Waals surface area contributed by atoms with Crippen LogP contribution < -0.4 is 5.32 Å². The number of imide groups is 1. The first-order valence-electron chi connectivity index (χ1n) is 14.4. The molecule has 2 atom stereocenters. The second-order valence-electron chi connectivity index (χ2n) is 11.3. The Bertz CT molecular complexity index is 1540. The van der Waals surface area contributed by atoms with Gasteiger partial charge in [-0.2, -0.15) is 13.2 Å². The molecule has 4 aliphatic rings. The van der Waals surface area contributed by atoms with E-state index in [9.17, 15) is 32.3 Å². The van der Waals surface area contributed by atoms with Crippen LogP contribution in [0.4, 0.5) is 18.9 Å². The summed E-state index contributed by atoms with van der Waals surface area (Å²) in [5, 5.41) is 2.13. The summed E-state index contributed by atoms with van der Waals surface area (Å²) >= 11 is 5.88. The Balaban J connectivity index is 0.982. The lowest BCUT2D eigenvalue weighted by atomic mass is 9.55. The van der Waals surface area contributed by atoms with Gasteiger partial charge in [-0.25, -0.2) is 0 Å². The number of nitrogens with one attached hydrogen (secondary N) is 1. The number of hydrogen-bond acceptors (Lipinski definition) is 5. The summed E-state index contributed by atoms with van der Waals surface area (Å²) < 4.78 is 43.8. The number of likely N-dealkylation sites (tertiary alicyclic amines) is 1. The van der Waals surface area contributed by atoms with Gasteiger partial charge >= 0.3 is 12.1 Å². The summed E-state index contributed by atoms with van der Waals surface area (Å²) in [6, 6.07) is 18.6. The molecular formula is C33H28ClF3N2O5. The fourth-order valence-corrected chi connectivity index (χ4v) is 7.04. The minimum atomic E-state index is -4.61. The summed E-state index contributed by atoms with van der Waals surface area (Å²) in [5.74, 6) is -2.94. The smallest absolute Gasteiger partial charge is 0.416 e. The molecule has 3 amide bonds. The first-order valence-corrected chi connectivity index (χ1v) is 14.8. The molecule has 44 heavy (non-hydrogen) atoms. The van der Waals surface area contributed by atoms with Gasteiger partial charge < -0.3 is 10.1 Å². The fourth-order valence-electron chi connectivity index (χ4n) is 6.88. The second kappa shape index (κ2) is 11.7. The van der Waals surface area contributed by atoms with Gasteiger partial charge in [-0.3, -0.25) is 24.1 Å². The van der Waals surface area contributed by atoms with Crippen molar-refractivity contribution in [3.8, 4) is 0 Å². The molecule has 0 aromatic heterocycles. The molecule has 3 aromatic rings. The second-order valence-corrected chi connectivity index (χ2v) is 11.7. The molecule has 0 unspecified atom stereocenters. The number of unbranched alkanes of at least 4 members (excludes halogenated alkanes) is 2. The third-order valence-corrected chi connectivity index (χ3v) is 9.06. The molecule has 1 aliphatic heterocycles. The van der Waals surface area contributed by atoms with Crippen LogP contribution in [0.5, 0.6) is 0 Å². The molecule has 1 heterocycles. The maximum Gasteiger partial charge on any atom is 0.416 e. The number of ether oxygens (including phenoxy) is 1. The normalized spacial score (nSPS) is 21.5. The van der Waals surface area contributed by atoms with Gasteiger partial charge in [0.25, 0.3) is 5.91 Å². The van der Waals surface area contributed by atoms with Crippen LogP contribution >= 0.6 is 11.6 Å². The lowest BCUT2D eigenvalue weighted by Gasteiger charge is -2.45. The van der Waals surface area contributed by atoms with Gasteiger partial charge in [0.1, 0.15) is 0 Å². The van der Waals surface area contributed by atoms with Crippen molar-refractivity contribution < 1.29 is 37.1 Å². The number of halogens is 4. The molecule has 7 rings (SSSR count). The summed E-state index contributed by atoms with van der Waals surface area (Å²) in [4.78, 5) is 52.9. The van der Waals surface area contributed by atoms with Crippen molar-refractivity contribution in [2.24, 2.45) is 11.8 Å². The Morgan fingerprint density at radius 2 is 1.36 bits per heavy atom. The van der Waals surface area contributed by atoms with Crippen LogP contribution in [-0.2, 0) is 30.1 Å². The largest absolute Gasteiger partial charge is 0.456 e. The number of rotatable bonds is 9. The monoisotopic (exact) mass is 624 g/mol. The average Bonchev–Trinajstić information content (AvgIpc) is 3.26. The van der Waals surface area contributed by atoms with Crippen molar-refractivity contribution >= 4 is 41.0 Å². The third kappa shape index (κ3) is 5.36. The third-order valence-electron chi connectivity index (χ3n) is 8.73. The first-order chi connectivity index (χ1) is 21.1. The van der Waals surface area contributed by atoms with Crippen molar-refractivity contribution in [3.63, 3.8) is 0 Å². The molecule has 0 radical (unpaired) electrons. The molecule has 3 aromatic carbocycles. The van der Waals surface area contributed by atoms with Gasteiger partial charge in [0.2, 0.25) is 11.8 Å². The summed E-state index contributed by atoms with van der Waals surface area (Å²) in [6.45, 7) is -0.427. The highest BCUT2D eigenvalue weighted by atomic mass is 35.5. The van der Waals surface area contributed by atoms with Gasteiger partial charge in [0.05, 0.1) is 28.1 Å². The quantitative estimate of drug-likeness (QED) is 0.172. The highest BCUT2D eigenvalue weighted by Crippen LogP contribution is 2.60. The maximum absolute atomic E-state index is 13.6. The van der Waals surface area contributed by atoms with E-state index in [1.807, 2.05) is 24.3 Å². The number of anilines is 1. The number of carbonyl (C=O) groups excluding carboxylic acids is 4. The van der Waals surface area contributed by atoms with E-state index in [4.69, 9.17) is 16.3 Å². The molecule has 11 heteroatoms. The van der Waals surface area contributed by atoms with Crippen molar-refractivity contribution in [1.29, 1.82) is 0 Å². The fraction of sp³-hybridized carbons (Fsp3) is 0.333. The zero-order valence-electron chi connectivity index (χ0n) is 23.4. The molecule has 3 aliphatic carbocycles. The van der Waals surface area contributed by atoms with E-state index in [-0.39, 0.29) is 47.3 Å². The topological polar surface area (TPSA) is 92.8 Å². The van der Waals surface area contributed by atoms with Crippen LogP contribution in [-0.4, -0.2) is 41.7 Å². The van der Waals surface area contributed by atoms with Crippen LogP contribution in [0.3, 0.4) is 0 Å². The maximum atomic E-state index is 13.6. The van der Waals surface area contributed by atoms with Gasteiger partial charge in [-0.05, 0) is 53.3 Å². The molecule has 7 nitrogen and oxygen atoms in total. The molecule has 1 fully saturated rings. The lowest BCUT2D eigenvalue weighted by molar-refractivity contribution is -0.147. The summed E-state index contributed by atoms with van der Waals surface area (Å²) in [7, 11) is 0. The van der Waals surface area contributed by atoms with Gasteiger partial charge in [-0.15, -0.1) is 0 Å². The van der Waals surface area contributed by atoms with E-state index in [0.717, 1.165) is 34.4 Å². The van der Waals surface area contributed by atoms with Crippen molar-refractivity contribution in [1.82, 2.24) is 4.90 Å². The molecule has 228 valence electrons. The Morgan fingerprint density at radius 1 is 0.818 bits per heavy atom. The van der Waals surface area contributed by atoms with Crippen LogP contribution in [0.15, 0.2) is 66.7 Å². The van der Waals surface area contributed by atoms with E-state index in [1.54, 1.807) is 0 Å². The van der Waals surface area contributed by atoms with Crippen molar-refractivity contribution in [2.75, 3.05) is 18.5 Å². The molecule has 2 bridgehead atoms. The van der Waals surface area contributed by atoms with E-state index >= 15 is 0 Å². The molecule has 0 saturated carbocycles. The number of hydrogen-bond donors (Lipinski definition) is 1. The van der Waals surface area contributed by atoms with Gasteiger partial charge in [0, 0.05) is 24.8 Å². The van der Waals surface area contributed by atoms with Crippen LogP contribution in [0.1, 0.15) is 65.3 Å². The highest BCUT2D eigenvalue weighted by molar-refractivity contribution is 6.33. The lowest BCUT2D eigenvalue weighted by Crippen LogP contribution is -2.41. The van der Waals surface area contributed by atoms with Crippen molar-refractivity contribution in [2.45, 2.75) is 43.7 Å². The minimum absolute atomic E-state index is 0.000491. The van der Waals surface area contributed by atoms with Crippen LogP contribution in [0.25, 0.3) is 0 Å². The van der Waals surface area contributed by atoms with E-state index < -0.39 is 42.1 Å². The van der Waals surface area contributed by atoms with Crippen LogP contribution in [0, 0.1) is 11.8 Å². The predicted octanol–water partition coefficient (Wildman–Crippen LogP) is 6.29. The van der Waals surface area contributed by atoms with Gasteiger partial charge in [-0.1, -0.05) is 66.6 Å². The highest BCUT2D eigenvalue weighted by Gasteiger charge is 2.61. The SMILES string of the molecule is O=C(COC(=O)CCCCCN1C(=O)[C@H]2C3c4ccccc4C(c4ccccc43)[C@@H]2C1=O)Nc1cc(C(F)(F)F)ccc1Cl.